The van der Waals surface area contributed by atoms with Gasteiger partial charge in [-0.2, -0.15) is 5.26 Å². The molecule has 2 aromatic heterocycles. The lowest BCUT2D eigenvalue weighted by atomic mass is 9.94. The van der Waals surface area contributed by atoms with Gasteiger partial charge in [-0.15, -0.1) is 0 Å². The number of pyridine rings is 1. The van der Waals surface area contributed by atoms with Crippen molar-refractivity contribution in [3.63, 3.8) is 0 Å². The van der Waals surface area contributed by atoms with Gasteiger partial charge in [-0.3, -0.25) is 4.79 Å². The van der Waals surface area contributed by atoms with Crippen LogP contribution in [0.5, 0.6) is 0 Å². The Morgan fingerprint density at radius 2 is 1.38 bits per heavy atom. The van der Waals surface area contributed by atoms with E-state index in [1.165, 1.54) is 0 Å². The molecular formula is C29H16N2O3. The lowest BCUT2D eigenvalue weighted by molar-refractivity contribution is 0.563. The van der Waals surface area contributed by atoms with Crippen LogP contribution in [0.15, 0.2) is 105 Å². The van der Waals surface area contributed by atoms with Crippen LogP contribution in [0.3, 0.4) is 0 Å². The second kappa shape index (κ2) is 7.58. The van der Waals surface area contributed by atoms with E-state index in [1.807, 2.05) is 78.9 Å². The predicted octanol–water partition coefficient (Wildman–Crippen LogP) is 5.99. The minimum absolute atomic E-state index is 0.00395. The number of nitrogens with one attached hydrogen (secondary N) is 1. The van der Waals surface area contributed by atoms with Gasteiger partial charge in [-0.05, 0) is 45.3 Å². The molecule has 5 heteroatoms. The van der Waals surface area contributed by atoms with Crippen LogP contribution in [0.2, 0.25) is 0 Å². The molecule has 0 aliphatic rings. The summed E-state index contributed by atoms with van der Waals surface area (Å²) in [6.45, 7) is 0. The molecule has 5 nitrogen and oxygen atoms in total. The van der Waals surface area contributed by atoms with Crippen LogP contribution in [-0.4, -0.2) is 4.98 Å². The summed E-state index contributed by atoms with van der Waals surface area (Å²) < 4.78 is 5.62. The SMILES string of the molecule is N#Cc1c(-c2cccc3ccccc23)cc(-c2cc3c(ccc4ccccc43)oc2=O)[nH]c1=O. The number of nitrogens with zero attached hydrogens (tertiary/aromatic N) is 1. The van der Waals surface area contributed by atoms with Gasteiger partial charge in [0.05, 0.1) is 11.3 Å². The van der Waals surface area contributed by atoms with E-state index >= 15 is 0 Å². The van der Waals surface area contributed by atoms with Gasteiger partial charge in [0, 0.05) is 10.9 Å². The predicted molar refractivity (Wildman–Crippen MR) is 134 cm³/mol. The van der Waals surface area contributed by atoms with Gasteiger partial charge in [0.2, 0.25) is 0 Å². The van der Waals surface area contributed by atoms with Gasteiger partial charge in [0.25, 0.3) is 5.56 Å². The second-order valence-electron chi connectivity index (χ2n) is 8.09. The largest absolute Gasteiger partial charge is 0.422 e. The van der Waals surface area contributed by atoms with Crippen LogP contribution >= 0.6 is 0 Å². The minimum Gasteiger partial charge on any atom is -0.422 e. The fourth-order valence-electron chi connectivity index (χ4n) is 4.55. The third-order valence-corrected chi connectivity index (χ3v) is 6.16. The normalized spacial score (nSPS) is 11.1. The highest BCUT2D eigenvalue weighted by molar-refractivity contribution is 6.06. The molecule has 0 saturated heterocycles. The number of aromatic amines is 1. The van der Waals surface area contributed by atoms with Gasteiger partial charge in [-0.25, -0.2) is 4.79 Å². The zero-order valence-electron chi connectivity index (χ0n) is 17.8. The molecule has 34 heavy (non-hydrogen) atoms. The van der Waals surface area contributed by atoms with Crippen LogP contribution in [0.4, 0.5) is 0 Å². The van der Waals surface area contributed by atoms with E-state index in [2.05, 4.69) is 4.98 Å². The van der Waals surface area contributed by atoms with Gasteiger partial charge >= 0.3 is 5.63 Å². The molecular weight excluding hydrogens is 424 g/mol. The van der Waals surface area contributed by atoms with Crippen molar-refractivity contribution in [2.24, 2.45) is 0 Å². The zero-order chi connectivity index (χ0) is 23.2. The summed E-state index contributed by atoms with van der Waals surface area (Å²) in [6.07, 6.45) is 0. The van der Waals surface area contributed by atoms with Crippen molar-refractivity contribution in [3.8, 4) is 28.5 Å². The van der Waals surface area contributed by atoms with Crippen LogP contribution < -0.4 is 11.2 Å². The molecule has 0 spiro atoms. The first-order chi connectivity index (χ1) is 16.6. The second-order valence-corrected chi connectivity index (χ2v) is 8.09. The molecule has 0 fully saturated rings. The Kier molecular flexibility index (Phi) is 4.39. The van der Waals surface area contributed by atoms with E-state index in [0.29, 0.717) is 16.8 Å². The van der Waals surface area contributed by atoms with Crippen LogP contribution in [0.25, 0.3) is 54.9 Å². The van der Waals surface area contributed by atoms with Gasteiger partial charge in [-0.1, -0.05) is 72.8 Å². The number of aromatic nitrogens is 1. The van der Waals surface area contributed by atoms with Crippen molar-refractivity contribution >= 4 is 32.5 Å². The maximum Gasteiger partial charge on any atom is 0.345 e. The summed E-state index contributed by atoms with van der Waals surface area (Å²) in [6, 6.07) is 30.5. The number of benzene rings is 4. The average Bonchev–Trinajstić information content (AvgIpc) is 2.87. The average molecular weight is 440 g/mol. The highest BCUT2D eigenvalue weighted by atomic mass is 16.4. The third kappa shape index (κ3) is 3.01. The standard InChI is InChI=1S/C29H16N2O3/c30-16-25-22(21-11-5-8-17-6-1-3-9-19(17)21)15-26(31-28(25)32)24-14-23-20-10-4-2-7-18(20)12-13-27(23)34-29(24)33/h1-15H,(H,31,32). The van der Waals surface area contributed by atoms with Crippen LogP contribution in [0.1, 0.15) is 5.56 Å². The molecule has 6 aromatic rings. The molecule has 0 aliphatic heterocycles. The molecule has 6 rings (SSSR count). The number of hydrogen-bond acceptors (Lipinski definition) is 4. The first-order valence-corrected chi connectivity index (χ1v) is 10.8. The lowest BCUT2D eigenvalue weighted by Gasteiger charge is -2.11. The monoisotopic (exact) mass is 440 g/mol. The Balaban J connectivity index is 1.67. The van der Waals surface area contributed by atoms with Crippen molar-refractivity contribution in [1.29, 1.82) is 5.26 Å². The van der Waals surface area contributed by atoms with Gasteiger partial charge < -0.3 is 9.40 Å². The van der Waals surface area contributed by atoms with E-state index in [-0.39, 0.29) is 11.1 Å². The molecule has 4 aromatic carbocycles. The summed E-state index contributed by atoms with van der Waals surface area (Å²) >= 11 is 0. The van der Waals surface area contributed by atoms with Gasteiger partial charge in [0.1, 0.15) is 17.2 Å². The fourth-order valence-corrected chi connectivity index (χ4v) is 4.55. The number of H-pyrrole nitrogens is 1. The molecule has 0 aliphatic carbocycles. The van der Waals surface area contributed by atoms with Crippen molar-refractivity contribution in [1.82, 2.24) is 4.98 Å². The maximum atomic E-state index is 13.0. The lowest BCUT2D eigenvalue weighted by Crippen LogP contribution is -2.15. The Labute approximate surface area is 193 Å². The Morgan fingerprint density at radius 3 is 2.18 bits per heavy atom. The maximum absolute atomic E-state index is 13.0. The number of hydrogen-bond donors (Lipinski definition) is 1. The topological polar surface area (TPSA) is 86.9 Å². The summed E-state index contributed by atoms with van der Waals surface area (Å²) in [5.41, 5.74) is 1.09. The summed E-state index contributed by atoms with van der Waals surface area (Å²) in [5, 5.41) is 14.4. The molecule has 0 unspecified atom stereocenters. The molecule has 1 N–H and O–H groups in total. The first kappa shape index (κ1) is 19.7. The fraction of sp³-hybridized carbons (Fsp3) is 0. The van der Waals surface area contributed by atoms with E-state index < -0.39 is 11.2 Å². The van der Waals surface area contributed by atoms with E-state index in [9.17, 15) is 14.9 Å². The molecule has 0 saturated carbocycles. The number of rotatable bonds is 2. The van der Waals surface area contributed by atoms with E-state index in [4.69, 9.17) is 4.42 Å². The minimum atomic E-state index is -0.563. The Bertz CT molecular complexity index is 1920. The van der Waals surface area contributed by atoms with Crippen molar-refractivity contribution in [2.45, 2.75) is 0 Å². The molecule has 160 valence electrons. The zero-order valence-corrected chi connectivity index (χ0v) is 17.8. The van der Waals surface area contributed by atoms with E-state index in [1.54, 1.807) is 18.2 Å². The molecule has 0 radical (unpaired) electrons. The third-order valence-electron chi connectivity index (χ3n) is 6.16. The number of nitriles is 1. The summed E-state index contributed by atoms with van der Waals surface area (Å²) in [5.74, 6) is 0. The quantitative estimate of drug-likeness (QED) is 0.264. The van der Waals surface area contributed by atoms with Gasteiger partial charge in [0.15, 0.2) is 0 Å². The summed E-state index contributed by atoms with van der Waals surface area (Å²) in [4.78, 5) is 28.6. The first-order valence-electron chi connectivity index (χ1n) is 10.8. The Hall–Kier alpha value is -4.95. The molecule has 0 atom stereocenters. The number of fused-ring (bicyclic) bond motifs is 4. The van der Waals surface area contributed by atoms with Crippen molar-refractivity contribution in [2.75, 3.05) is 0 Å². The van der Waals surface area contributed by atoms with Crippen molar-refractivity contribution < 1.29 is 4.42 Å². The highest BCUT2D eigenvalue weighted by Crippen LogP contribution is 2.33. The molecule has 2 heterocycles. The molecule has 0 bridgehead atoms. The van der Waals surface area contributed by atoms with E-state index in [0.717, 1.165) is 32.5 Å². The van der Waals surface area contributed by atoms with Crippen molar-refractivity contribution in [3.05, 3.63) is 117 Å². The summed E-state index contributed by atoms with van der Waals surface area (Å²) in [7, 11) is 0. The van der Waals surface area contributed by atoms with Crippen LogP contribution in [-0.2, 0) is 0 Å². The highest BCUT2D eigenvalue weighted by Gasteiger charge is 2.17. The smallest absolute Gasteiger partial charge is 0.345 e. The molecule has 0 amide bonds. The van der Waals surface area contributed by atoms with Crippen LogP contribution in [0, 0.1) is 11.3 Å². The Morgan fingerprint density at radius 1 is 0.676 bits per heavy atom.